The van der Waals surface area contributed by atoms with E-state index in [2.05, 4.69) is 5.32 Å². The number of halogens is 2. The molecule has 1 aliphatic heterocycles. The molecular formula is C13H18ClFN2O. The number of piperazine rings is 1. The summed E-state index contributed by atoms with van der Waals surface area (Å²) in [7, 11) is 0. The first-order valence-corrected chi connectivity index (χ1v) is 5.92. The summed E-state index contributed by atoms with van der Waals surface area (Å²) >= 11 is 0. The molecule has 1 aromatic rings. The summed E-state index contributed by atoms with van der Waals surface area (Å²) in [6.45, 7) is 4.33. The summed E-state index contributed by atoms with van der Waals surface area (Å²) in [6, 6.07) is 6.64. The van der Waals surface area contributed by atoms with Crippen molar-refractivity contribution in [2.75, 3.05) is 19.6 Å². The predicted octanol–water partition coefficient (Wildman–Crippen LogP) is 1.61. The van der Waals surface area contributed by atoms with Gasteiger partial charge in [0.25, 0.3) is 0 Å². The molecule has 0 radical (unpaired) electrons. The summed E-state index contributed by atoms with van der Waals surface area (Å²) in [6.07, 6.45) is 0.150. The van der Waals surface area contributed by atoms with E-state index in [-0.39, 0.29) is 36.6 Å². The Morgan fingerprint density at radius 3 is 2.89 bits per heavy atom. The smallest absolute Gasteiger partial charge is 0.227 e. The van der Waals surface area contributed by atoms with Crippen LogP contribution in [-0.2, 0) is 11.2 Å². The normalized spacial score (nSPS) is 19.2. The molecule has 1 aliphatic rings. The van der Waals surface area contributed by atoms with E-state index in [1.165, 1.54) is 6.07 Å². The quantitative estimate of drug-likeness (QED) is 0.887. The van der Waals surface area contributed by atoms with Crippen LogP contribution >= 0.6 is 12.4 Å². The topological polar surface area (TPSA) is 32.3 Å². The van der Waals surface area contributed by atoms with Crippen LogP contribution in [-0.4, -0.2) is 36.5 Å². The monoisotopic (exact) mass is 272 g/mol. The molecule has 1 saturated heterocycles. The third-order valence-corrected chi connectivity index (χ3v) is 3.12. The molecule has 2 rings (SSSR count). The maximum absolute atomic E-state index is 13.4. The van der Waals surface area contributed by atoms with Crippen LogP contribution < -0.4 is 5.32 Å². The number of hydrogen-bond donors (Lipinski definition) is 1. The molecule has 1 heterocycles. The van der Waals surface area contributed by atoms with E-state index in [1.54, 1.807) is 18.2 Å². The largest absolute Gasteiger partial charge is 0.337 e. The second-order valence-corrected chi connectivity index (χ2v) is 4.41. The van der Waals surface area contributed by atoms with Gasteiger partial charge >= 0.3 is 0 Å². The molecule has 0 aromatic heterocycles. The van der Waals surface area contributed by atoms with Crippen LogP contribution in [0.3, 0.4) is 0 Å². The minimum atomic E-state index is -0.302. The predicted molar refractivity (Wildman–Crippen MR) is 71.4 cm³/mol. The Morgan fingerprint density at radius 1 is 1.50 bits per heavy atom. The van der Waals surface area contributed by atoms with Gasteiger partial charge in [-0.2, -0.15) is 0 Å². The first kappa shape index (κ1) is 14.9. The summed E-state index contributed by atoms with van der Waals surface area (Å²) in [5, 5.41) is 3.23. The Kier molecular flexibility index (Phi) is 5.56. The Hall–Kier alpha value is -1.13. The molecule has 0 saturated carbocycles. The van der Waals surface area contributed by atoms with Crippen LogP contribution in [0, 0.1) is 5.82 Å². The van der Waals surface area contributed by atoms with E-state index in [4.69, 9.17) is 0 Å². The van der Waals surface area contributed by atoms with Crippen molar-refractivity contribution in [3.8, 4) is 0 Å². The zero-order valence-electron chi connectivity index (χ0n) is 10.4. The van der Waals surface area contributed by atoms with Crippen molar-refractivity contribution in [2.45, 2.75) is 19.4 Å². The standard InChI is InChI=1S/C13H17FN2O.ClH/c1-10-9-15-6-7-16(10)13(17)8-11-4-2-3-5-12(11)14;/h2-5,10,15H,6-9H2,1H3;1H/t10-;/m1./s1. The van der Waals surface area contributed by atoms with E-state index < -0.39 is 0 Å². The van der Waals surface area contributed by atoms with Gasteiger partial charge in [-0.3, -0.25) is 4.79 Å². The highest BCUT2D eigenvalue weighted by Crippen LogP contribution is 2.11. The lowest BCUT2D eigenvalue weighted by Crippen LogP contribution is -2.52. The van der Waals surface area contributed by atoms with Gasteiger partial charge in [0.1, 0.15) is 5.82 Å². The zero-order valence-corrected chi connectivity index (χ0v) is 11.2. The van der Waals surface area contributed by atoms with Crippen LogP contribution in [0.15, 0.2) is 24.3 Å². The van der Waals surface area contributed by atoms with E-state index >= 15 is 0 Å². The Bertz CT molecular complexity index is 414. The average Bonchev–Trinajstić information content (AvgIpc) is 2.32. The number of carbonyl (C=O) groups is 1. The van der Waals surface area contributed by atoms with Crippen molar-refractivity contribution in [1.29, 1.82) is 0 Å². The second-order valence-electron chi connectivity index (χ2n) is 4.41. The van der Waals surface area contributed by atoms with E-state index in [0.717, 1.165) is 13.1 Å². The zero-order chi connectivity index (χ0) is 12.3. The maximum Gasteiger partial charge on any atom is 0.227 e. The van der Waals surface area contributed by atoms with Gasteiger partial charge in [0.2, 0.25) is 5.91 Å². The number of rotatable bonds is 2. The van der Waals surface area contributed by atoms with Gasteiger partial charge in [0.05, 0.1) is 6.42 Å². The molecule has 18 heavy (non-hydrogen) atoms. The molecule has 100 valence electrons. The first-order valence-electron chi connectivity index (χ1n) is 5.92. The minimum absolute atomic E-state index is 0. The number of benzene rings is 1. The van der Waals surface area contributed by atoms with E-state index in [0.29, 0.717) is 12.1 Å². The van der Waals surface area contributed by atoms with Crippen LogP contribution in [0.5, 0.6) is 0 Å². The van der Waals surface area contributed by atoms with Gasteiger partial charge in [0, 0.05) is 25.7 Å². The molecule has 1 N–H and O–H groups in total. The third-order valence-electron chi connectivity index (χ3n) is 3.12. The number of amides is 1. The molecule has 3 nitrogen and oxygen atoms in total. The summed E-state index contributed by atoms with van der Waals surface area (Å²) < 4.78 is 13.4. The van der Waals surface area contributed by atoms with Gasteiger partial charge in [-0.25, -0.2) is 4.39 Å². The lowest BCUT2D eigenvalue weighted by Gasteiger charge is -2.34. The van der Waals surface area contributed by atoms with Crippen molar-refractivity contribution in [3.05, 3.63) is 35.6 Å². The number of hydrogen-bond acceptors (Lipinski definition) is 2. The van der Waals surface area contributed by atoms with Crippen LogP contribution in [0.25, 0.3) is 0 Å². The number of nitrogens with zero attached hydrogens (tertiary/aromatic N) is 1. The van der Waals surface area contributed by atoms with Crippen molar-refractivity contribution >= 4 is 18.3 Å². The summed E-state index contributed by atoms with van der Waals surface area (Å²) in [5.74, 6) is -0.298. The Balaban J connectivity index is 0.00000162. The molecule has 0 spiro atoms. The third kappa shape index (κ3) is 3.43. The van der Waals surface area contributed by atoms with Gasteiger partial charge in [0.15, 0.2) is 0 Å². The molecular weight excluding hydrogens is 255 g/mol. The highest BCUT2D eigenvalue weighted by molar-refractivity contribution is 5.85. The molecule has 1 atom stereocenters. The fourth-order valence-corrected chi connectivity index (χ4v) is 2.12. The van der Waals surface area contributed by atoms with Gasteiger partial charge in [-0.1, -0.05) is 18.2 Å². The van der Waals surface area contributed by atoms with E-state index in [9.17, 15) is 9.18 Å². The Labute approximate surface area is 113 Å². The van der Waals surface area contributed by atoms with Gasteiger partial charge in [-0.15, -0.1) is 12.4 Å². The molecule has 1 amide bonds. The highest BCUT2D eigenvalue weighted by Gasteiger charge is 2.23. The molecule has 0 bridgehead atoms. The number of carbonyl (C=O) groups excluding carboxylic acids is 1. The van der Waals surface area contributed by atoms with Crippen molar-refractivity contribution in [2.24, 2.45) is 0 Å². The SMILES string of the molecule is C[C@@H]1CNCCN1C(=O)Cc1ccccc1F.Cl. The average molecular weight is 273 g/mol. The number of nitrogens with one attached hydrogen (secondary N) is 1. The van der Waals surface area contributed by atoms with Crippen LogP contribution in [0.2, 0.25) is 0 Å². The Morgan fingerprint density at radius 2 is 2.22 bits per heavy atom. The second kappa shape index (κ2) is 6.71. The molecule has 0 unspecified atom stereocenters. The maximum atomic E-state index is 13.4. The lowest BCUT2D eigenvalue weighted by atomic mass is 10.1. The highest BCUT2D eigenvalue weighted by atomic mass is 35.5. The lowest BCUT2D eigenvalue weighted by molar-refractivity contribution is -0.133. The fraction of sp³-hybridized carbons (Fsp3) is 0.462. The minimum Gasteiger partial charge on any atom is -0.337 e. The van der Waals surface area contributed by atoms with Gasteiger partial charge < -0.3 is 10.2 Å². The van der Waals surface area contributed by atoms with Crippen molar-refractivity contribution in [3.63, 3.8) is 0 Å². The molecule has 0 aliphatic carbocycles. The fourth-order valence-electron chi connectivity index (χ4n) is 2.12. The first-order chi connectivity index (χ1) is 8.18. The molecule has 1 fully saturated rings. The molecule has 1 aromatic carbocycles. The van der Waals surface area contributed by atoms with Crippen molar-refractivity contribution in [1.82, 2.24) is 10.2 Å². The van der Waals surface area contributed by atoms with E-state index in [1.807, 2.05) is 11.8 Å². The summed E-state index contributed by atoms with van der Waals surface area (Å²) in [4.78, 5) is 13.9. The van der Waals surface area contributed by atoms with Crippen LogP contribution in [0.1, 0.15) is 12.5 Å². The van der Waals surface area contributed by atoms with Gasteiger partial charge in [-0.05, 0) is 18.6 Å². The van der Waals surface area contributed by atoms with Crippen LogP contribution in [0.4, 0.5) is 4.39 Å². The summed E-state index contributed by atoms with van der Waals surface area (Å²) in [5.41, 5.74) is 0.475. The molecule has 5 heteroatoms. The van der Waals surface area contributed by atoms with Crippen molar-refractivity contribution < 1.29 is 9.18 Å².